The average Bonchev–Trinajstić information content (AvgIpc) is 2.98. The van der Waals surface area contributed by atoms with E-state index in [0.717, 1.165) is 11.4 Å². The van der Waals surface area contributed by atoms with Crippen molar-refractivity contribution in [3.05, 3.63) is 22.4 Å². The Balaban J connectivity index is 1.95. The summed E-state index contributed by atoms with van der Waals surface area (Å²) in [6.45, 7) is 3.71. The Hall–Kier alpha value is -1.40. The van der Waals surface area contributed by atoms with Gasteiger partial charge in [0.15, 0.2) is 6.04 Å². The number of thiophene rings is 1. The van der Waals surface area contributed by atoms with Gasteiger partial charge in [0, 0.05) is 13.1 Å². The van der Waals surface area contributed by atoms with Crippen molar-refractivity contribution in [2.75, 3.05) is 20.1 Å². The normalized spacial score (nSPS) is 18.6. The number of urea groups is 1. The van der Waals surface area contributed by atoms with Gasteiger partial charge >= 0.3 is 6.03 Å². The molecule has 1 saturated heterocycles. The van der Waals surface area contributed by atoms with Gasteiger partial charge in [0.2, 0.25) is 0 Å². The van der Waals surface area contributed by atoms with E-state index in [-0.39, 0.29) is 18.0 Å². The highest BCUT2D eigenvalue weighted by atomic mass is 32.1. The number of nitrogens with zero attached hydrogens (tertiary/aromatic N) is 1. The lowest BCUT2D eigenvalue weighted by Gasteiger charge is -2.23. The van der Waals surface area contributed by atoms with Gasteiger partial charge < -0.3 is 10.2 Å². The second-order valence-electron chi connectivity index (χ2n) is 4.55. The molecule has 3 amide bonds. The Morgan fingerprint density at radius 1 is 1.67 bits per heavy atom. The molecule has 1 aliphatic heterocycles. The minimum absolute atomic E-state index is 0.0981. The van der Waals surface area contributed by atoms with Gasteiger partial charge in [0.25, 0.3) is 5.91 Å². The molecule has 2 heterocycles. The number of likely N-dealkylation sites (N-methyl/N-ethyl adjacent to an activating group) is 1. The monoisotopic (exact) mass is 268 g/mol. The van der Waals surface area contributed by atoms with Crippen LogP contribution in [-0.2, 0) is 11.3 Å². The van der Waals surface area contributed by atoms with Crippen molar-refractivity contribution in [2.45, 2.75) is 19.5 Å². The maximum atomic E-state index is 12.2. The van der Waals surface area contributed by atoms with Crippen molar-refractivity contribution in [1.29, 1.82) is 0 Å². The number of amides is 3. The Kier molecular flexibility index (Phi) is 3.98. The molecule has 0 spiro atoms. The SMILES string of the molecule is C[C@H](C(=O)N1CCNC1=O)[NH+](C)Cc1cccs1. The van der Waals surface area contributed by atoms with Crippen LogP contribution in [0.2, 0.25) is 0 Å². The molecule has 2 N–H and O–H groups in total. The highest BCUT2D eigenvalue weighted by molar-refractivity contribution is 7.09. The number of quaternary nitrogens is 1. The van der Waals surface area contributed by atoms with Gasteiger partial charge in [0.05, 0.1) is 11.9 Å². The second-order valence-corrected chi connectivity index (χ2v) is 5.58. The van der Waals surface area contributed by atoms with E-state index in [2.05, 4.69) is 11.4 Å². The van der Waals surface area contributed by atoms with E-state index in [9.17, 15) is 9.59 Å². The zero-order valence-electron chi connectivity index (χ0n) is 10.6. The summed E-state index contributed by atoms with van der Waals surface area (Å²) in [5.41, 5.74) is 0. The molecule has 1 unspecified atom stereocenters. The summed E-state index contributed by atoms with van der Waals surface area (Å²) >= 11 is 1.69. The summed E-state index contributed by atoms with van der Waals surface area (Å²) in [6.07, 6.45) is 0. The number of hydrogen-bond acceptors (Lipinski definition) is 3. The molecule has 1 aromatic heterocycles. The van der Waals surface area contributed by atoms with Gasteiger partial charge in [-0.25, -0.2) is 4.79 Å². The van der Waals surface area contributed by atoms with Crippen LogP contribution in [0.25, 0.3) is 0 Å². The van der Waals surface area contributed by atoms with Crippen LogP contribution < -0.4 is 10.2 Å². The summed E-state index contributed by atoms with van der Waals surface area (Å²) in [7, 11) is 1.98. The van der Waals surface area contributed by atoms with Gasteiger partial charge in [-0.1, -0.05) is 6.07 Å². The first-order chi connectivity index (χ1) is 8.59. The van der Waals surface area contributed by atoms with Gasteiger partial charge in [-0.3, -0.25) is 9.69 Å². The number of carbonyl (C=O) groups excluding carboxylic acids is 2. The fraction of sp³-hybridized carbons (Fsp3) is 0.500. The van der Waals surface area contributed by atoms with E-state index in [4.69, 9.17) is 0 Å². The van der Waals surface area contributed by atoms with Crippen LogP contribution >= 0.6 is 11.3 Å². The summed E-state index contributed by atoms with van der Waals surface area (Å²) in [5, 5.41) is 4.68. The second kappa shape index (κ2) is 5.49. The standard InChI is InChI=1S/C12H17N3O2S/c1-9(11(16)15-6-5-13-12(15)17)14(2)8-10-4-3-7-18-10/h3-4,7,9H,5-6,8H2,1-2H3,(H,13,17)/p+1/t9-/m1/s1. The fourth-order valence-electron chi connectivity index (χ4n) is 1.97. The molecule has 6 heteroatoms. The third-order valence-corrected chi connectivity index (χ3v) is 4.14. The zero-order valence-corrected chi connectivity index (χ0v) is 11.4. The van der Waals surface area contributed by atoms with Crippen LogP contribution in [0.3, 0.4) is 0 Å². The third-order valence-electron chi connectivity index (χ3n) is 3.27. The molecule has 1 aromatic rings. The molecule has 5 nitrogen and oxygen atoms in total. The van der Waals surface area contributed by atoms with Crippen molar-refractivity contribution < 1.29 is 14.5 Å². The quantitative estimate of drug-likeness (QED) is 0.788. The molecular formula is C12H18N3O2S+. The van der Waals surface area contributed by atoms with Crippen LogP contribution in [0, 0.1) is 0 Å². The maximum absolute atomic E-state index is 12.2. The number of rotatable bonds is 4. The number of hydrogen-bond donors (Lipinski definition) is 2. The largest absolute Gasteiger partial charge is 0.336 e. The minimum Gasteiger partial charge on any atom is -0.336 e. The zero-order chi connectivity index (χ0) is 13.1. The van der Waals surface area contributed by atoms with Gasteiger partial charge in [-0.05, 0) is 18.4 Å². The molecule has 98 valence electrons. The molecular weight excluding hydrogens is 250 g/mol. The first kappa shape index (κ1) is 13.0. The van der Waals surface area contributed by atoms with Crippen molar-refractivity contribution in [3.63, 3.8) is 0 Å². The third kappa shape index (κ3) is 2.70. The van der Waals surface area contributed by atoms with Gasteiger partial charge in [-0.15, -0.1) is 11.3 Å². The minimum atomic E-state index is -0.268. The predicted octanol–water partition coefficient (Wildman–Crippen LogP) is -0.297. The van der Waals surface area contributed by atoms with Crippen LogP contribution in [0.1, 0.15) is 11.8 Å². The molecule has 2 rings (SSSR count). The van der Waals surface area contributed by atoms with Gasteiger partial charge in [0.1, 0.15) is 6.54 Å². The van der Waals surface area contributed by atoms with E-state index in [0.29, 0.717) is 13.1 Å². The van der Waals surface area contributed by atoms with Crippen LogP contribution in [-0.4, -0.2) is 43.0 Å². The molecule has 2 atom stereocenters. The van der Waals surface area contributed by atoms with E-state index in [1.54, 1.807) is 11.3 Å². The highest BCUT2D eigenvalue weighted by Gasteiger charge is 2.33. The lowest BCUT2D eigenvalue weighted by molar-refractivity contribution is -0.908. The molecule has 0 saturated carbocycles. The van der Waals surface area contributed by atoms with E-state index < -0.39 is 0 Å². The Bertz CT molecular complexity index is 433. The predicted molar refractivity (Wildman–Crippen MR) is 69.5 cm³/mol. The molecule has 0 aliphatic carbocycles. The molecule has 18 heavy (non-hydrogen) atoms. The number of nitrogens with one attached hydrogen (secondary N) is 2. The highest BCUT2D eigenvalue weighted by Crippen LogP contribution is 2.06. The Labute approximate surface area is 110 Å². The first-order valence-corrected chi connectivity index (χ1v) is 6.91. The topological polar surface area (TPSA) is 53.9 Å². The van der Waals surface area contributed by atoms with E-state index in [1.807, 2.05) is 25.4 Å². The average molecular weight is 268 g/mol. The van der Waals surface area contributed by atoms with Crippen molar-refractivity contribution >= 4 is 23.3 Å². The first-order valence-electron chi connectivity index (χ1n) is 6.03. The maximum Gasteiger partial charge on any atom is 0.324 e. The van der Waals surface area contributed by atoms with Crippen molar-refractivity contribution in [1.82, 2.24) is 10.2 Å². The molecule has 0 aromatic carbocycles. The van der Waals surface area contributed by atoms with Crippen LogP contribution in [0.5, 0.6) is 0 Å². The van der Waals surface area contributed by atoms with Crippen molar-refractivity contribution in [3.8, 4) is 0 Å². The van der Waals surface area contributed by atoms with Gasteiger partial charge in [-0.2, -0.15) is 0 Å². The van der Waals surface area contributed by atoms with Crippen LogP contribution in [0.4, 0.5) is 4.79 Å². The molecule has 1 aliphatic rings. The molecule has 1 fully saturated rings. The lowest BCUT2D eigenvalue weighted by atomic mass is 10.2. The van der Waals surface area contributed by atoms with E-state index >= 15 is 0 Å². The fourth-order valence-corrected chi connectivity index (χ4v) is 2.77. The Morgan fingerprint density at radius 2 is 2.44 bits per heavy atom. The van der Waals surface area contributed by atoms with Crippen LogP contribution in [0.15, 0.2) is 17.5 Å². The van der Waals surface area contributed by atoms with Crippen molar-refractivity contribution in [2.24, 2.45) is 0 Å². The smallest absolute Gasteiger partial charge is 0.324 e. The summed E-state index contributed by atoms with van der Waals surface area (Å²) in [4.78, 5) is 27.3. The summed E-state index contributed by atoms with van der Waals surface area (Å²) in [6, 6.07) is 3.59. The number of imide groups is 1. The number of carbonyl (C=O) groups is 2. The molecule has 0 radical (unpaired) electrons. The Morgan fingerprint density at radius 3 is 3.00 bits per heavy atom. The summed E-state index contributed by atoms with van der Waals surface area (Å²) in [5.74, 6) is -0.0981. The lowest BCUT2D eigenvalue weighted by Crippen LogP contribution is -3.12. The molecule has 0 bridgehead atoms. The van der Waals surface area contributed by atoms with E-state index in [1.165, 1.54) is 9.78 Å². The summed E-state index contributed by atoms with van der Waals surface area (Å²) < 4.78 is 0.